The average molecular weight is 493 g/mol. The van der Waals surface area contributed by atoms with E-state index in [0.29, 0.717) is 6.42 Å². The van der Waals surface area contributed by atoms with Crippen molar-refractivity contribution in [2.45, 2.75) is 75.3 Å². The van der Waals surface area contributed by atoms with Crippen molar-refractivity contribution < 1.29 is 27.1 Å². The number of benzene rings is 1. The fraction of sp³-hybridized carbons (Fsp3) is 0.680. The monoisotopic (exact) mass is 492 g/mol. The van der Waals surface area contributed by atoms with Crippen LogP contribution in [0.4, 0.5) is 4.39 Å². The zero-order chi connectivity index (χ0) is 24.1. The lowest BCUT2D eigenvalue weighted by Gasteiger charge is -2.59. The van der Waals surface area contributed by atoms with Crippen molar-refractivity contribution in [1.82, 2.24) is 9.62 Å². The van der Waals surface area contributed by atoms with Crippen LogP contribution in [0.2, 0.25) is 0 Å². The lowest BCUT2D eigenvalue weighted by atomic mass is 9.48. The van der Waals surface area contributed by atoms with Gasteiger partial charge in [0.25, 0.3) is 5.91 Å². The van der Waals surface area contributed by atoms with Crippen LogP contribution < -0.4 is 5.32 Å². The summed E-state index contributed by atoms with van der Waals surface area (Å²) < 4.78 is 46.3. The van der Waals surface area contributed by atoms with E-state index in [1.807, 2.05) is 0 Å². The molecule has 1 aromatic carbocycles. The van der Waals surface area contributed by atoms with Gasteiger partial charge in [-0.05, 0) is 93.6 Å². The molecule has 1 aliphatic heterocycles. The van der Waals surface area contributed by atoms with E-state index in [-0.39, 0.29) is 30.3 Å². The second-order valence-electron chi connectivity index (χ2n) is 10.9. The first kappa shape index (κ1) is 23.7. The number of hydrogen-bond acceptors (Lipinski definition) is 5. The summed E-state index contributed by atoms with van der Waals surface area (Å²) in [5, 5.41) is 3.06. The van der Waals surface area contributed by atoms with Gasteiger partial charge in [-0.3, -0.25) is 9.59 Å². The summed E-state index contributed by atoms with van der Waals surface area (Å²) in [5.41, 5.74) is 0.143. The number of halogens is 1. The van der Waals surface area contributed by atoms with Gasteiger partial charge in [-0.25, -0.2) is 12.8 Å². The molecule has 4 aliphatic carbocycles. The maximum Gasteiger partial charge on any atom is 0.324 e. The maximum absolute atomic E-state index is 14.1. The van der Waals surface area contributed by atoms with Gasteiger partial charge in [0, 0.05) is 12.6 Å². The van der Waals surface area contributed by atoms with Crippen LogP contribution in [0.3, 0.4) is 0 Å². The largest absolute Gasteiger partial charge is 0.454 e. The molecular weight excluding hydrogens is 459 g/mol. The number of nitrogens with one attached hydrogen (secondary N) is 1. The van der Waals surface area contributed by atoms with Crippen molar-refractivity contribution in [2.75, 3.05) is 13.2 Å². The molecule has 4 bridgehead atoms. The second kappa shape index (κ2) is 8.90. The molecule has 34 heavy (non-hydrogen) atoms. The van der Waals surface area contributed by atoms with Gasteiger partial charge in [0.1, 0.15) is 16.8 Å². The predicted octanol–water partition coefficient (Wildman–Crippen LogP) is 3.24. The topological polar surface area (TPSA) is 92.8 Å². The maximum atomic E-state index is 14.1. The summed E-state index contributed by atoms with van der Waals surface area (Å²) >= 11 is 0. The van der Waals surface area contributed by atoms with Crippen molar-refractivity contribution in [2.24, 2.45) is 23.2 Å². The van der Waals surface area contributed by atoms with E-state index in [0.717, 1.165) is 47.4 Å². The standard InChI is InChI=1S/C25H33FN2O5S/c1-16(25-12-17-9-18(13-25)11-19(10-17)14-25)27-23(29)15-33-24(30)21-6-4-8-28(21)34(31,32)22-7-3-2-5-20(22)26/h2-3,5,7,16-19,21H,4,6,8-15H2,1H3,(H,27,29)/t16-,17?,18?,19?,21+,25?/m1/s1. The lowest BCUT2D eigenvalue weighted by Crippen LogP contribution is -2.56. The van der Waals surface area contributed by atoms with Crippen LogP contribution in [-0.4, -0.2) is 49.8 Å². The van der Waals surface area contributed by atoms with E-state index in [2.05, 4.69) is 12.2 Å². The van der Waals surface area contributed by atoms with Gasteiger partial charge in [0.15, 0.2) is 6.61 Å². The van der Waals surface area contributed by atoms with E-state index >= 15 is 0 Å². The Balaban J connectivity index is 1.18. The fourth-order valence-corrected chi connectivity index (χ4v) is 9.13. The minimum Gasteiger partial charge on any atom is -0.454 e. The summed E-state index contributed by atoms with van der Waals surface area (Å²) in [4.78, 5) is 24.9. The molecule has 186 valence electrons. The van der Waals surface area contributed by atoms with Gasteiger partial charge in [0.05, 0.1) is 0 Å². The molecule has 2 atom stereocenters. The van der Waals surface area contributed by atoms with Crippen molar-refractivity contribution in [3.8, 4) is 0 Å². The summed E-state index contributed by atoms with van der Waals surface area (Å²) in [5.74, 6) is 0.322. The number of carbonyl (C=O) groups excluding carboxylic acids is 2. The van der Waals surface area contributed by atoms with Crippen LogP contribution >= 0.6 is 0 Å². The SMILES string of the molecule is C[C@@H](NC(=O)COC(=O)[C@@H]1CCCN1S(=O)(=O)c1ccccc1F)C12CC3CC(CC(C3)C1)C2. The third-order valence-corrected chi connectivity index (χ3v) is 10.6. The van der Waals surface area contributed by atoms with Crippen LogP contribution in [0, 0.1) is 29.0 Å². The van der Waals surface area contributed by atoms with Crippen molar-refractivity contribution in [3.63, 3.8) is 0 Å². The lowest BCUT2D eigenvalue weighted by molar-refractivity contribution is -0.152. The fourth-order valence-electron chi connectivity index (χ4n) is 7.42. The molecule has 1 aromatic rings. The Morgan fingerprint density at radius 2 is 1.76 bits per heavy atom. The normalized spacial score (nSPS) is 33.6. The minimum atomic E-state index is -4.19. The van der Waals surface area contributed by atoms with Crippen LogP contribution in [0.1, 0.15) is 58.3 Å². The van der Waals surface area contributed by atoms with E-state index in [1.165, 1.54) is 37.5 Å². The van der Waals surface area contributed by atoms with Crippen LogP contribution in [-0.2, 0) is 24.3 Å². The number of ether oxygens (including phenoxy) is 1. The molecule has 1 amide bonds. The van der Waals surface area contributed by atoms with Gasteiger partial charge in [-0.1, -0.05) is 12.1 Å². The van der Waals surface area contributed by atoms with Crippen molar-refractivity contribution >= 4 is 21.9 Å². The Hall–Kier alpha value is -2.00. The number of hydrogen-bond donors (Lipinski definition) is 1. The van der Waals surface area contributed by atoms with Crippen LogP contribution in [0.25, 0.3) is 0 Å². The first-order chi connectivity index (χ1) is 16.2. The zero-order valence-electron chi connectivity index (χ0n) is 19.5. The molecule has 9 heteroatoms. The van der Waals surface area contributed by atoms with Crippen LogP contribution in [0.5, 0.6) is 0 Å². The number of sulfonamides is 1. The first-order valence-electron chi connectivity index (χ1n) is 12.4. The third kappa shape index (κ3) is 4.26. The summed E-state index contributed by atoms with van der Waals surface area (Å²) in [7, 11) is -4.19. The molecule has 7 nitrogen and oxygen atoms in total. The number of carbonyl (C=O) groups is 2. The van der Waals surface area contributed by atoms with Gasteiger partial charge in [0.2, 0.25) is 10.0 Å². The van der Waals surface area contributed by atoms with E-state index < -0.39 is 39.4 Å². The van der Waals surface area contributed by atoms with Gasteiger partial charge < -0.3 is 10.1 Å². The van der Waals surface area contributed by atoms with Crippen LogP contribution in [0.15, 0.2) is 29.2 Å². The molecule has 5 fully saturated rings. The average Bonchev–Trinajstić information content (AvgIpc) is 3.28. The molecule has 1 N–H and O–H groups in total. The zero-order valence-corrected chi connectivity index (χ0v) is 20.4. The van der Waals surface area contributed by atoms with E-state index in [1.54, 1.807) is 0 Å². The molecule has 0 spiro atoms. The minimum absolute atomic E-state index is 0.0107. The molecule has 0 aromatic heterocycles. The van der Waals surface area contributed by atoms with Gasteiger partial charge >= 0.3 is 5.97 Å². The van der Waals surface area contributed by atoms with Gasteiger partial charge in [-0.15, -0.1) is 0 Å². The van der Waals surface area contributed by atoms with Gasteiger partial charge in [-0.2, -0.15) is 4.31 Å². The Morgan fingerprint density at radius 3 is 2.38 bits per heavy atom. The molecular formula is C25H33FN2O5S. The molecule has 0 radical (unpaired) electrons. The smallest absolute Gasteiger partial charge is 0.324 e. The highest BCUT2D eigenvalue weighted by molar-refractivity contribution is 7.89. The quantitative estimate of drug-likeness (QED) is 0.590. The highest BCUT2D eigenvalue weighted by Crippen LogP contribution is 2.61. The number of amides is 1. The molecule has 4 saturated carbocycles. The predicted molar refractivity (Wildman–Crippen MR) is 122 cm³/mol. The highest BCUT2D eigenvalue weighted by atomic mass is 32.2. The highest BCUT2D eigenvalue weighted by Gasteiger charge is 2.53. The number of nitrogens with zero attached hydrogens (tertiary/aromatic N) is 1. The second-order valence-corrected chi connectivity index (χ2v) is 12.7. The Morgan fingerprint density at radius 1 is 1.15 bits per heavy atom. The molecule has 0 unspecified atom stereocenters. The summed E-state index contributed by atoms with van der Waals surface area (Å²) in [6.45, 7) is 1.72. The van der Waals surface area contributed by atoms with Crippen molar-refractivity contribution in [1.29, 1.82) is 0 Å². The molecule has 1 saturated heterocycles. The molecule has 5 aliphatic rings. The summed E-state index contributed by atoms with van der Waals surface area (Å²) in [6, 6.07) is 4.06. The van der Waals surface area contributed by atoms with Crippen molar-refractivity contribution in [3.05, 3.63) is 30.1 Å². The molecule has 6 rings (SSSR count). The third-order valence-electron chi connectivity index (χ3n) is 8.63. The summed E-state index contributed by atoms with van der Waals surface area (Å²) in [6.07, 6.45) is 8.18. The number of esters is 1. The number of rotatable bonds is 7. The Labute approximate surface area is 200 Å². The van der Waals surface area contributed by atoms with E-state index in [4.69, 9.17) is 4.74 Å². The molecule has 1 heterocycles. The Bertz CT molecular complexity index is 1040. The Kier molecular flexibility index (Phi) is 6.21. The first-order valence-corrected chi connectivity index (χ1v) is 13.8. The van der Waals surface area contributed by atoms with E-state index in [9.17, 15) is 22.4 Å².